The van der Waals surface area contributed by atoms with E-state index in [0.29, 0.717) is 16.5 Å². The molecule has 8 nitrogen and oxygen atoms in total. The summed E-state index contributed by atoms with van der Waals surface area (Å²) in [6.45, 7) is 3.69. The maximum absolute atomic E-state index is 12.0. The van der Waals surface area contributed by atoms with E-state index in [1.807, 2.05) is 6.92 Å². The van der Waals surface area contributed by atoms with E-state index in [0.717, 1.165) is 5.75 Å². The number of hydrogen-bond acceptors (Lipinski definition) is 6. The van der Waals surface area contributed by atoms with Crippen LogP contribution in [0.15, 0.2) is 29.4 Å². The fourth-order valence-electron chi connectivity index (χ4n) is 1.79. The zero-order valence-corrected chi connectivity index (χ0v) is 14.5. The van der Waals surface area contributed by atoms with Crippen LogP contribution >= 0.6 is 23.4 Å². The second-order valence-corrected chi connectivity index (χ2v) is 6.21. The van der Waals surface area contributed by atoms with Crippen LogP contribution in [0, 0.1) is 17.0 Å². The van der Waals surface area contributed by atoms with Gasteiger partial charge >= 0.3 is 0 Å². The fraction of sp³-hybridized carbons (Fsp3) is 0.214. The Bertz CT molecular complexity index is 806. The summed E-state index contributed by atoms with van der Waals surface area (Å²) in [7, 11) is 0. The van der Waals surface area contributed by atoms with Gasteiger partial charge in [0, 0.05) is 12.1 Å². The Morgan fingerprint density at radius 2 is 2.25 bits per heavy atom. The number of rotatable bonds is 6. The van der Waals surface area contributed by atoms with Crippen molar-refractivity contribution in [2.24, 2.45) is 0 Å². The van der Waals surface area contributed by atoms with E-state index in [-0.39, 0.29) is 10.7 Å². The van der Waals surface area contributed by atoms with Crippen molar-refractivity contribution in [3.05, 3.63) is 50.8 Å². The lowest BCUT2D eigenvalue weighted by Gasteiger charge is -2.07. The van der Waals surface area contributed by atoms with Crippen molar-refractivity contribution in [2.45, 2.75) is 19.0 Å². The number of nitro groups is 1. The van der Waals surface area contributed by atoms with Gasteiger partial charge in [0.15, 0.2) is 0 Å². The summed E-state index contributed by atoms with van der Waals surface area (Å²) >= 11 is 7.20. The zero-order valence-electron chi connectivity index (χ0n) is 12.9. The van der Waals surface area contributed by atoms with Crippen molar-refractivity contribution < 1.29 is 9.72 Å². The van der Waals surface area contributed by atoms with E-state index < -0.39 is 10.8 Å². The van der Waals surface area contributed by atoms with E-state index in [4.69, 9.17) is 11.6 Å². The minimum Gasteiger partial charge on any atom is -0.268 e. The number of hydrogen-bond donors (Lipinski definition) is 1. The molecule has 1 N–H and O–H groups in total. The number of nitro benzene ring substituents is 1. The van der Waals surface area contributed by atoms with Crippen molar-refractivity contribution in [1.29, 1.82) is 0 Å². The monoisotopic (exact) mass is 367 g/mol. The maximum atomic E-state index is 12.0. The van der Waals surface area contributed by atoms with Crippen molar-refractivity contribution in [2.75, 3.05) is 11.2 Å². The van der Waals surface area contributed by atoms with Gasteiger partial charge in [-0.05, 0) is 30.4 Å². The molecule has 1 aromatic carbocycles. The summed E-state index contributed by atoms with van der Waals surface area (Å²) in [6, 6.07) is 4.30. The van der Waals surface area contributed by atoms with Crippen molar-refractivity contribution in [1.82, 2.24) is 14.9 Å². The number of carbonyl (C=O) groups is 1. The van der Waals surface area contributed by atoms with Gasteiger partial charge < -0.3 is 0 Å². The minimum absolute atomic E-state index is 0.0444. The van der Waals surface area contributed by atoms with Crippen LogP contribution < -0.4 is 5.43 Å². The first-order valence-corrected chi connectivity index (χ1v) is 8.26. The highest BCUT2D eigenvalue weighted by molar-refractivity contribution is 7.99. The molecule has 0 unspecified atom stereocenters. The highest BCUT2D eigenvalue weighted by Crippen LogP contribution is 2.25. The van der Waals surface area contributed by atoms with Crippen LogP contribution in [0.2, 0.25) is 5.02 Å². The Morgan fingerprint density at radius 1 is 1.50 bits per heavy atom. The topological polar surface area (TPSA) is 103 Å². The standard InChI is InChI=1S/C14H14ClN5O3S/c1-3-24-14-17-16-9(2)19(14)18-13(21)7-5-10-4-6-11(15)12(8-10)20(22)23/h4-8H,3H2,1-2H3,(H,18,21). The number of carbonyl (C=O) groups excluding carboxylic acids is 1. The van der Waals surface area contributed by atoms with E-state index >= 15 is 0 Å². The minimum atomic E-state index is -0.575. The number of nitrogens with zero attached hydrogens (tertiary/aromatic N) is 4. The molecule has 0 saturated carbocycles. The van der Waals surface area contributed by atoms with E-state index in [1.54, 1.807) is 13.0 Å². The van der Waals surface area contributed by atoms with E-state index in [2.05, 4.69) is 15.6 Å². The molecule has 0 bridgehead atoms. The van der Waals surface area contributed by atoms with Crippen LogP contribution in [0.5, 0.6) is 0 Å². The van der Waals surface area contributed by atoms with Gasteiger partial charge in [-0.2, -0.15) is 0 Å². The third kappa shape index (κ3) is 4.33. The Kier molecular flexibility index (Phi) is 5.93. The van der Waals surface area contributed by atoms with E-state index in [9.17, 15) is 14.9 Å². The van der Waals surface area contributed by atoms with Gasteiger partial charge in [0.05, 0.1) is 4.92 Å². The average molecular weight is 368 g/mol. The summed E-state index contributed by atoms with van der Waals surface area (Å²) in [6.07, 6.45) is 2.73. The second-order valence-electron chi connectivity index (χ2n) is 4.58. The predicted molar refractivity (Wildman–Crippen MR) is 92.7 cm³/mol. The summed E-state index contributed by atoms with van der Waals surface area (Å²) in [5, 5.41) is 19.4. The van der Waals surface area contributed by atoms with Crippen LogP contribution in [0.1, 0.15) is 18.3 Å². The molecule has 0 atom stereocenters. The molecule has 10 heteroatoms. The van der Waals surface area contributed by atoms with Crippen LogP contribution in [-0.4, -0.2) is 31.5 Å². The predicted octanol–water partition coefficient (Wildman–Crippen LogP) is 3.04. The number of benzene rings is 1. The van der Waals surface area contributed by atoms with Gasteiger partial charge in [0.25, 0.3) is 11.6 Å². The lowest BCUT2D eigenvalue weighted by Crippen LogP contribution is -2.22. The van der Waals surface area contributed by atoms with Crippen LogP contribution in [-0.2, 0) is 4.79 Å². The number of aromatic nitrogens is 3. The molecular weight excluding hydrogens is 354 g/mol. The molecule has 24 heavy (non-hydrogen) atoms. The first kappa shape index (κ1) is 18.0. The fourth-order valence-corrected chi connectivity index (χ4v) is 2.64. The molecule has 0 aliphatic rings. The zero-order chi connectivity index (χ0) is 17.7. The molecule has 0 aliphatic heterocycles. The summed E-state index contributed by atoms with van der Waals surface area (Å²) in [5.41, 5.74) is 2.93. The van der Waals surface area contributed by atoms with Gasteiger partial charge in [0.1, 0.15) is 10.8 Å². The smallest absolute Gasteiger partial charge is 0.268 e. The molecule has 1 aromatic heterocycles. The lowest BCUT2D eigenvalue weighted by molar-refractivity contribution is -0.384. The number of amides is 1. The Hall–Kier alpha value is -2.39. The normalized spacial score (nSPS) is 11.0. The van der Waals surface area contributed by atoms with E-state index in [1.165, 1.54) is 40.7 Å². The third-order valence-electron chi connectivity index (χ3n) is 2.88. The maximum Gasteiger partial charge on any atom is 0.288 e. The molecule has 0 aliphatic carbocycles. The van der Waals surface area contributed by atoms with Crippen LogP contribution in [0.25, 0.3) is 6.08 Å². The van der Waals surface area contributed by atoms with Gasteiger partial charge in [-0.25, -0.2) is 4.68 Å². The molecule has 2 rings (SSSR count). The summed E-state index contributed by atoms with van der Waals surface area (Å²) < 4.78 is 1.49. The highest BCUT2D eigenvalue weighted by atomic mass is 35.5. The Balaban J connectivity index is 2.13. The number of aryl methyl sites for hydroxylation is 1. The van der Waals surface area contributed by atoms with Gasteiger partial charge in [-0.3, -0.25) is 20.3 Å². The van der Waals surface area contributed by atoms with Crippen molar-refractivity contribution in [3.63, 3.8) is 0 Å². The first-order valence-electron chi connectivity index (χ1n) is 6.90. The number of nitrogens with one attached hydrogen (secondary N) is 1. The lowest BCUT2D eigenvalue weighted by atomic mass is 10.2. The van der Waals surface area contributed by atoms with Crippen LogP contribution in [0.4, 0.5) is 5.69 Å². The first-order chi connectivity index (χ1) is 11.4. The molecule has 126 valence electrons. The number of thioether (sulfide) groups is 1. The van der Waals surface area contributed by atoms with Gasteiger partial charge in [-0.1, -0.05) is 36.4 Å². The molecule has 1 amide bonds. The van der Waals surface area contributed by atoms with Crippen molar-refractivity contribution >= 4 is 41.0 Å². The Labute approximate surface area is 147 Å². The number of halogens is 1. The van der Waals surface area contributed by atoms with Gasteiger partial charge in [0.2, 0.25) is 5.16 Å². The SMILES string of the molecule is CCSc1nnc(C)n1NC(=O)C=Cc1ccc(Cl)c([N+](=O)[O-])c1. The Morgan fingerprint density at radius 3 is 2.92 bits per heavy atom. The van der Waals surface area contributed by atoms with Gasteiger partial charge in [-0.15, -0.1) is 10.2 Å². The van der Waals surface area contributed by atoms with Crippen molar-refractivity contribution in [3.8, 4) is 0 Å². The molecule has 0 fully saturated rings. The molecule has 0 saturated heterocycles. The molecule has 2 aromatic rings. The summed E-state index contributed by atoms with van der Waals surface area (Å²) in [4.78, 5) is 22.3. The molecule has 0 spiro atoms. The summed E-state index contributed by atoms with van der Waals surface area (Å²) in [5.74, 6) is 0.932. The highest BCUT2D eigenvalue weighted by Gasteiger charge is 2.12. The largest absolute Gasteiger partial charge is 0.288 e. The molecule has 0 radical (unpaired) electrons. The molecule has 1 heterocycles. The quantitative estimate of drug-likeness (QED) is 0.364. The second kappa shape index (κ2) is 7.93. The average Bonchev–Trinajstić information content (AvgIpc) is 2.87. The van der Waals surface area contributed by atoms with Crippen LogP contribution in [0.3, 0.4) is 0 Å². The molecular formula is C14H14ClN5O3S. The third-order valence-corrected chi connectivity index (χ3v) is 4.02.